The van der Waals surface area contributed by atoms with E-state index in [0.29, 0.717) is 19.4 Å². The highest BCUT2D eigenvalue weighted by molar-refractivity contribution is 5.17. The number of rotatable bonds is 2. The third-order valence-electron chi connectivity index (χ3n) is 2.90. The first-order valence-corrected chi connectivity index (χ1v) is 5.35. The van der Waals surface area contributed by atoms with Crippen molar-refractivity contribution in [2.24, 2.45) is 5.92 Å². The van der Waals surface area contributed by atoms with Gasteiger partial charge in [-0.25, -0.2) is 8.78 Å². The summed E-state index contributed by atoms with van der Waals surface area (Å²) in [5.74, 6) is -0.257. The Balaban J connectivity index is 2.01. The smallest absolute Gasteiger partial charge is 0.123 e. The molecule has 0 aliphatic carbocycles. The molecular weight excluding hydrogens is 196 g/mol. The standard InChI is InChI=1S/C12H15F2N/c13-11-3-1-2-9(7-11)6-10-8-15-5-4-12(10)14/h1-3,7,10,12,15H,4-6,8H2. The van der Waals surface area contributed by atoms with E-state index in [9.17, 15) is 8.78 Å². The summed E-state index contributed by atoms with van der Waals surface area (Å²) in [5.41, 5.74) is 0.881. The van der Waals surface area contributed by atoms with Crippen LogP contribution in [0.2, 0.25) is 0 Å². The van der Waals surface area contributed by atoms with Crippen molar-refractivity contribution in [3.8, 4) is 0 Å². The summed E-state index contributed by atoms with van der Waals surface area (Å²) in [6.07, 6.45) is 0.431. The van der Waals surface area contributed by atoms with Gasteiger partial charge in [-0.1, -0.05) is 12.1 Å². The third kappa shape index (κ3) is 2.75. The van der Waals surface area contributed by atoms with Gasteiger partial charge in [0.15, 0.2) is 0 Å². The Bertz CT molecular complexity index is 327. The van der Waals surface area contributed by atoms with Gasteiger partial charge in [-0.3, -0.25) is 0 Å². The van der Waals surface area contributed by atoms with Crippen LogP contribution in [-0.4, -0.2) is 19.3 Å². The van der Waals surface area contributed by atoms with E-state index in [1.54, 1.807) is 6.07 Å². The molecule has 1 aliphatic heterocycles. The molecular formula is C12H15F2N. The lowest BCUT2D eigenvalue weighted by atomic mass is 9.91. The Morgan fingerprint density at radius 1 is 1.40 bits per heavy atom. The average Bonchev–Trinajstić information content (AvgIpc) is 2.22. The minimum Gasteiger partial charge on any atom is -0.316 e. The Kier molecular flexibility index (Phi) is 3.31. The molecule has 1 fully saturated rings. The summed E-state index contributed by atoms with van der Waals surface area (Å²) in [4.78, 5) is 0. The van der Waals surface area contributed by atoms with Crippen molar-refractivity contribution in [1.82, 2.24) is 5.32 Å². The number of piperidine rings is 1. The molecule has 1 aromatic carbocycles. The van der Waals surface area contributed by atoms with Crippen molar-refractivity contribution in [3.63, 3.8) is 0 Å². The van der Waals surface area contributed by atoms with Gasteiger partial charge >= 0.3 is 0 Å². The van der Waals surface area contributed by atoms with Gasteiger partial charge in [0.05, 0.1) is 0 Å². The number of benzene rings is 1. The molecule has 82 valence electrons. The Morgan fingerprint density at radius 2 is 2.27 bits per heavy atom. The minimum absolute atomic E-state index is 0.0134. The summed E-state index contributed by atoms with van der Waals surface area (Å²) in [5, 5.41) is 3.17. The van der Waals surface area contributed by atoms with Crippen molar-refractivity contribution >= 4 is 0 Å². The number of hydrogen-bond donors (Lipinski definition) is 1. The van der Waals surface area contributed by atoms with Crippen molar-refractivity contribution < 1.29 is 8.78 Å². The second-order valence-electron chi connectivity index (χ2n) is 4.10. The van der Waals surface area contributed by atoms with E-state index in [0.717, 1.165) is 12.1 Å². The SMILES string of the molecule is Fc1cccc(CC2CNCCC2F)c1. The Labute approximate surface area is 88.5 Å². The summed E-state index contributed by atoms with van der Waals surface area (Å²) in [6, 6.07) is 6.43. The van der Waals surface area contributed by atoms with E-state index < -0.39 is 6.17 Å². The van der Waals surface area contributed by atoms with E-state index in [1.807, 2.05) is 6.07 Å². The maximum atomic E-state index is 13.5. The van der Waals surface area contributed by atoms with Crippen LogP contribution in [0.5, 0.6) is 0 Å². The zero-order valence-electron chi connectivity index (χ0n) is 8.55. The molecule has 0 amide bonds. The van der Waals surface area contributed by atoms with Crippen LogP contribution in [0.25, 0.3) is 0 Å². The van der Waals surface area contributed by atoms with Gasteiger partial charge < -0.3 is 5.32 Å². The van der Waals surface area contributed by atoms with E-state index in [1.165, 1.54) is 12.1 Å². The van der Waals surface area contributed by atoms with Crippen LogP contribution in [-0.2, 0) is 6.42 Å². The van der Waals surface area contributed by atoms with Crippen molar-refractivity contribution in [3.05, 3.63) is 35.6 Å². The van der Waals surface area contributed by atoms with Crippen LogP contribution in [0, 0.1) is 11.7 Å². The highest BCUT2D eigenvalue weighted by atomic mass is 19.1. The lowest BCUT2D eigenvalue weighted by molar-refractivity contribution is 0.178. The summed E-state index contributed by atoms with van der Waals surface area (Å²) >= 11 is 0. The maximum absolute atomic E-state index is 13.5. The molecule has 1 saturated heterocycles. The van der Waals surface area contributed by atoms with Gasteiger partial charge in [0.1, 0.15) is 12.0 Å². The normalized spacial score (nSPS) is 26.5. The van der Waals surface area contributed by atoms with Crippen LogP contribution in [0.1, 0.15) is 12.0 Å². The molecule has 0 radical (unpaired) electrons. The molecule has 0 saturated carbocycles. The monoisotopic (exact) mass is 211 g/mol. The molecule has 1 aliphatic rings. The van der Waals surface area contributed by atoms with Gasteiger partial charge in [0.25, 0.3) is 0 Å². The van der Waals surface area contributed by atoms with Crippen molar-refractivity contribution in [2.75, 3.05) is 13.1 Å². The third-order valence-corrected chi connectivity index (χ3v) is 2.90. The van der Waals surface area contributed by atoms with Gasteiger partial charge in [0.2, 0.25) is 0 Å². The Hall–Kier alpha value is -0.960. The van der Waals surface area contributed by atoms with Gasteiger partial charge in [-0.2, -0.15) is 0 Å². The molecule has 1 heterocycles. The van der Waals surface area contributed by atoms with Gasteiger partial charge in [-0.15, -0.1) is 0 Å². The topological polar surface area (TPSA) is 12.0 Å². The molecule has 3 heteroatoms. The van der Waals surface area contributed by atoms with Crippen LogP contribution >= 0.6 is 0 Å². The molecule has 0 spiro atoms. The lowest BCUT2D eigenvalue weighted by Gasteiger charge is -2.26. The van der Waals surface area contributed by atoms with Crippen molar-refractivity contribution in [1.29, 1.82) is 0 Å². The summed E-state index contributed by atoms with van der Waals surface area (Å²) < 4.78 is 26.4. The molecule has 1 N–H and O–H groups in total. The Morgan fingerprint density at radius 3 is 3.00 bits per heavy atom. The molecule has 1 aromatic rings. The molecule has 2 atom stereocenters. The minimum atomic E-state index is -0.755. The number of nitrogens with one attached hydrogen (secondary N) is 1. The van der Waals surface area contributed by atoms with E-state index in [4.69, 9.17) is 0 Å². The number of hydrogen-bond acceptors (Lipinski definition) is 1. The predicted molar refractivity (Wildman–Crippen MR) is 56.0 cm³/mol. The fourth-order valence-corrected chi connectivity index (χ4v) is 2.06. The van der Waals surface area contributed by atoms with E-state index in [-0.39, 0.29) is 11.7 Å². The zero-order chi connectivity index (χ0) is 10.7. The molecule has 2 unspecified atom stereocenters. The first kappa shape index (κ1) is 10.6. The van der Waals surface area contributed by atoms with Gasteiger partial charge in [-0.05, 0) is 37.1 Å². The second-order valence-corrected chi connectivity index (χ2v) is 4.10. The maximum Gasteiger partial charge on any atom is 0.123 e. The highest BCUT2D eigenvalue weighted by Gasteiger charge is 2.24. The lowest BCUT2D eigenvalue weighted by Crippen LogP contribution is -2.38. The van der Waals surface area contributed by atoms with Crippen LogP contribution < -0.4 is 5.32 Å². The van der Waals surface area contributed by atoms with Crippen LogP contribution in [0.15, 0.2) is 24.3 Å². The van der Waals surface area contributed by atoms with E-state index in [2.05, 4.69) is 5.32 Å². The van der Waals surface area contributed by atoms with Gasteiger partial charge in [0, 0.05) is 12.5 Å². The van der Waals surface area contributed by atoms with Crippen molar-refractivity contribution in [2.45, 2.75) is 19.0 Å². The first-order chi connectivity index (χ1) is 7.25. The largest absolute Gasteiger partial charge is 0.316 e. The fraction of sp³-hybridized carbons (Fsp3) is 0.500. The summed E-state index contributed by atoms with van der Waals surface area (Å²) in [7, 11) is 0. The first-order valence-electron chi connectivity index (χ1n) is 5.35. The molecule has 15 heavy (non-hydrogen) atoms. The zero-order valence-corrected chi connectivity index (χ0v) is 8.55. The van der Waals surface area contributed by atoms with E-state index >= 15 is 0 Å². The molecule has 2 rings (SSSR count). The quantitative estimate of drug-likeness (QED) is 0.791. The van der Waals surface area contributed by atoms with Crippen LogP contribution in [0.4, 0.5) is 8.78 Å². The van der Waals surface area contributed by atoms with Crippen LogP contribution in [0.3, 0.4) is 0 Å². The highest BCUT2D eigenvalue weighted by Crippen LogP contribution is 2.20. The predicted octanol–water partition coefficient (Wildman–Crippen LogP) is 2.32. The fourth-order valence-electron chi connectivity index (χ4n) is 2.06. The number of alkyl halides is 1. The second kappa shape index (κ2) is 4.71. The molecule has 0 aromatic heterocycles. The average molecular weight is 211 g/mol. The summed E-state index contributed by atoms with van der Waals surface area (Å²) in [6.45, 7) is 1.44. The molecule has 0 bridgehead atoms. The molecule has 1 nitrogen and oxygen atoms in total. The number of halogens is 2.